The Bertz CT molecular complexity index is 193. The first kappa shape index (κ1) is 7.72. The highest BCUT2D eigenvalue weighted by Crippen LogP contribution is 2.24. The maximum atomic E-state index is 5.10. The molecule has 0 saturated carbocycles. The lowest BCUT2D eigenvalue weighted by Crippen LogP contribution is -2.24. The van der Waals surface area contributed by atoms with Crippen molar-refractivity contribution in [2.75, 3.05) is 0 Å². The van der Waals surface area contributed by atoms with Crippen LogP contribution in [0.4, 0.5) is 0 Å². The summed E-state index contributed by atoms with van der Waals surface area (Å²) in [6.45, 7) is 3.88. The lowest BCUT2D eigenvalue weighted by Gasteiger charge is -2.19. The molecule has 10 heavy (non-hydrogen) atoms. The number of hydrogen-bond donors (Lipinski definition) is 1. The van der Waals surface area contributed by atoms with Gasteiger partial charge in [0.05, 0.1) is 0 Å². The van der Waals surface area contributed by atoms with E-state index in [1.165, 1.54) is 0 Å². The predicted molar refractivity (Wildman–Crippen MR) is 42.6 cm³/mol. The number of nitrogens with two attached hydrogens (primary N) is 1. The van der Waals surface area contributed by atoms with Crippen molar-refractivity contribution >= 4 is 11.3 Å². The van der Waals surface area contributed by atoms with Gasteiger partial charge in [0.2, 0.25) is 0 Å². The molecule has 0 aliphatic carbocycles. The highest BCUT2D eigenvalue weighted by molar-refractivity contribution is 7.08. The summed E-state index contributed by atoms with van der Waals surface area (Å²) in [6.07, 6.45) is 0. The van der Waals surface area contributed by atoms with E-state index in [-0.39, 0.29) is 5.60 Å². The molecule has 1 aromatic heterocycles. The van der Waals surface area contributed by atoms with Crippen LogP contribution in [0, 0.1) is 0 Å². The molecule has 0 aliphatic rings. The average Bonchev–Trinajstić information content (AvgIpc) is 2.38. The maximum absolute atomic E-state index is 5.10. The van der Waals surface area contributed by atoms with Gasteiger partial charge in [-0.05, 0) is 36.2 Å². The van der Waals surface area contributed by atoms with E-state index in [0.29, 0.717) is 0 Å². The monoisotopic (exact) mass is 157 g/mol. The fourth-order valence-electron chi connectivity index (χ4n) is 0.675. The molecule has 2 nitrogen and oxygen atoms in total. The quantitative estimate of drug-likeness (QED) is 0.665. The molecule has 0 saturated heterocycles. The molecular formula is C7H11NOS. The van der Waals surface area contributed by atoms with Crippen molar-refractivity contribution in [3.63, 3.8) is 0 Å². The summed E-state index contributed by atoms with van der Waals surface area (Å²) in [5.41, 5.74) is 0.778. The molecule has 0 unspecified atom stereocenters. The molecule has 0 aromatic carbocycles. The third-order valence-corrected chi connectivity index (χ3v) is 2.19. The summed E-state index contributed by atoms with van der Waals surface area (Å²) in [5, 5.41) is 4.04. The van der Waals surface area contributed by atoms with E-state index in [1.54, 1.807) is 11.3 Å². The highest BCUT2D eigenvalue weighted by Gasteiger charge is 2.19. The third kappa shape index (κ3) is 1.37. The van der Waals surface area contributed by atoms with E-state index in [0.717, 1.165) is 5.56 Å². The largest absolute Gasteiger partial charge is 0.294 e. The second-order valence-corrected chi connectivity index (χ2v) is 3.42. The minimum Gasteiger partial charge on any atom is -0.294 e. The van der Waals surface area contributed by atoms with E-state index >= 15 is 0 Å². The van der Waals surface area contributed by atoms with Gasteiger partial charge in [-0.3, -0.25) is 4.84 Å². The van der Waals surface area contributed by atoms with E-state index in [2.05, 4.69) is 0 Å². The van der Waals surface area contributed by atoms with Crippen LogP contribution in [0.2, 0.25) is 0 Å². The molecule has 0 bridgehead atoms. The van der Waals surface area contributed by atoms with Crippen molar-refractivity contribution in [2.45, 2.75) is 19.4 Å². The van der Waals surface area contributed by atoms with Gasteiger partial charge >= 0.3 is 0 Å². The predicted octanol–water partition coefficient (Wildman–Crippen LogP) is 1.87. The summed E-state index contributed by atoms with van der Waals surface area (Å²) in [4.78, 5) is 4.79. The van der Waals surface area contributed by atoms with Crippen LogP contribution >= 0.6 is 11.3 Å². The maximum Gasteiger partial charge on any atom is 0.109 e. The first-order valence-corrected chi connectivity index (χ1v) is 4.01. The molecule has 0 radical (unpaired) electrons. The zero-order valence-corrected chi connectivity index (χ0v) is 6.94. The molecule has 0 amide bonds. The van der Waals surface area contributed by atoms with Gasteiger partial charge in [0, 0.05) is 0 Å². The number of thiophene rings is 1. The van der Waals surface area contributed by atoms with Crippen molar-refractivity contribution in [1.82, 2.24) is 0 Å². The first-order valence-electron chi connectivity index (χ1n) is 3.07. The van der Waals surface area contributed by atoms with E-state index < -0.39 is 0 Å². The van der Waals surface area contributed by atoms with Crippen LogP contribution in [-0.2, 0) is 10.4 Å². The molecule has 3 heteroatoms. The average molecular weight is 157 g/mol. The molecule has 0 fully saturated rings. The van der Waals surface area contributed by atoms with E-state index in [4.69, 9.17) is 10.7 Å². The Kier molecular flexibility index (Phi) is 2.08. The third-order valence-electron chi connectivity index (χ3n) is 1.51. The SMILES string of the molecule is CC(C)(ON)c1ccsc1. The summed E-state index contributed by atoms with van der Waals surface area (Å²) < 4.78 is 0. The number of hydrogen-bond acceptors (Lipinski definition) is 3. The van der Waals surface area contributed by atoms with Crippen LogP contribution in [0.15, 0.2) is 16.8 Å². The zero-order chi connectivity index (χ0) is 7.61. The zero-order valence-electron chi connectivity index (χ0n) is 6.13. The highest BCUT2D eigenvalue weighted by atomic mass is 32.1. The first-order chi connectivity index (χ1) is 4.67. The van der Waals surface area contributed by atoms with Crippen LogP contribution in [0.5, 0.6) is 0 Å². The minimum absolute atomic E-state index is 0.347. The van der Waals surface area contributed by atoms with E-state index in [1.807, 2.05) is 30.7 Å². The van der Waals surface area contributed by atoms with Crippen LogP contribution in [0.1, 0.15) is 19.4 Å². The molecule has 0 spiro atoms. The topological polar surface area (TPSA) is 35.2 Å². The van der Waals surface area contributed by atoms with Crippen LogP contribution in [-0.4, -0.2) is 0 Å². The normalized spacial score (nSPS) is 11.9. The van der Waals surface area contributed by atoms with Crippen molar-refractivity contribution < 1.29 is 4.84 Å². The van der Waals surface area contributed by atoms with Crippen molar-refractivity contribution in [1.29, 1.82) is 0 Å². The Morgan fingerprint density at radius 3 is 2.70 bits per heavy atom. The van der Waals surface area contributed by atoms with Gasteiger partial charge in [-0.15, -0.1) is 0 Å². The summed E-state index contributed by atoms with van der Waals surface area (Å²) in [5.74, 6) is 5.10. The molecule has 1 heterocycles. The lowest BCUT2D eigenvalue weighted by molar-refractivity contribution is -0.0233. The Hall–Kier alpha value is -0.380. The van der Waals surface area contributed by atoms with Gasteiger partial charge in [-0.1, -0.05) is 0 Å². The summed E-state index contributed by atoms with van der Waals surface area (Å²) >= 11 is 1.65. The van der Waals surface area contributed by atoms with Crippen molar-refractivity contribution in [3.05, 3.63) is 22.4 Å². The van der Waals surface area contributed by atoms with Gasteiger partial charge in [0.1, 0.15) is 5.60 Å². The van der Waals surface area contributed by atoms with Gasteiger partial charge in [-0.2, -0.15) is 11.3 Å². The Labute approximate surface area is 64.6 Å². The lowest BCUT2D eigenvalue weighted by atomic mass is 10.0. The second kappa shape index (κ2) is 2.70. The summed E-state index contributed by atoms with van der Waals surface area (Å²) in [6, 6.07) is 2.01. The van der Waals surface area contributed by atoms with Crippen LogP contribution < -0.4 is 5.90 Å². The van der Waals surface area contributed by atoms with Gasteiger partial charge < -0.3 is 0 Å². The molecule has 0 atom stereocenters. The van der Waals surface area contributed by atoms with Gasteiger partial charge in [0.25, 0.3) is 0 Å². The molecule has 2 N–H and O–H groups in total. The summed E-state index contributed by atoms with van der Waals surface area (Å²) in [7, 11) is 0. The molecule has 0 aliphatic heterocycles. The second-order valence-electron chi connectivity index (χ2n) is 2.64. The smallest absolute Gasteiger partial charge is 0.109 e. The van der Waals surface area contributed by atoms with Crippen molar-refractivity contribution in [3.8, 4) is 0 Å². The van der Waals surface area contributed by atoms with Crippen LogP contribution in [0.3, 0.4) is 0 Å². The van der Waals surface area contributed by atoms with Gasteiger partial charge in [0.15, 0.2) is 0 Å². The van der Waals surface area contributed by atoms with Crippen LogP contribution in [0.25, 0.3) is 0 Å². The molecule has 1 rings (SSSR count). The Morgan fingerprint density at radius 2 is 2.30 bits per heavy atom. The Balaban J connectivity index is 2.85. The van der Waals surface area contributed by atoms with E-state index in [9.17, 15) is 0 Å². The molecule has 1 aromatic rings. The number of rotatable bonds is 2. The fraction of sp³-hybridized carbons (Fsp3) is 0.429. The van der Waals surface area contributed by atoms with Crippen molar-refractivity contribution in [2.24, 2.45) is 5.90 Å². The minimum atomic E-state index is -0.347. The fourth-order valence-corrected chi connectivity index (χ4v) is 1.49. The molecular weight excluding hydrogens is 146 g/mol. The molecule has 56 valence electrons. The standard InChI is InChI=1S/C7H11NOS/c1-7(2,9-8)6-3-4-10-5-6/h3-5H,8H2,1-2H3. The van der Waals surface area contributed by atoms with Gasteiger partial charge in [-0.25, -0.2) is 5.90 Å². The Morgan fingerprint density at radius 1 is 1.60 bits per heavy atom.